The fourth-order valence-electron chi connectivity index (χ4n) is 1.95. The van der Waals surface area contributed by atoms with Crippen LogP contribution in [0.1, 0.15) is 18.5 Å². The number of anilines is 1. The lowest BCUT2D eigenvalue weighted by molar-refractivity contribution is -0.144. The van der Waals surface area contributed by atoms with Crippen molar-refractivity contribution in [3.63, 3.8) is 0 Å². The quantitative estimate of drug-likeness (QED) is 0.842. The highest BCUT2D eigenvalue weighted by Crippen LogP contribution is 2.24. The van der Waals surface area contributed by atoms with Gasteiger partial charge in [-0.3, -0.25) is 0 Å². The summed E-state index contributed by atoms with van der Waals surface area (Å²) in [4.78, 5) is 12.1. The van der Waals surface area contributed by atoms with Crippen LogP contribution in [0.4, 0.5) is 10.1 Å². The number of hydrogen-bond acceptors (Lipinski definition) is 3. The van der Waals surface area contributed by atoms with E-state index in [2.05, 4.69) is 5.32 Å². The molecule has 5 heteroatoms. The van der Waals surface area contributed by atoms with Gasteiger partial charge >= 0.3 is 5.97 Å². The minimum atomic E-state index is -0.719. The zero-order valence-electron chi connectivity index (χ0n) is 11.5. The van der Waals surface area contributed by atoms with Crippen LogP contribution in [0.3, 0.4) is 0 Å². The second-order valence-corrected chi connectivity index (χ2v) is 4.83. The summed E-state index contributed by atoms with van der Waals surface area (Å²) >= 11 is 5.82. The number of ether oxygens (including phenoxy) is 1. The Morgan fingerprint density at radius 1 is 1.29 bits per heavy atom. The molecule has 0 saturated heterocycles. The van der Waals surface area contributed by atoms with Crippen molar-refractivity contribution in [3.8, 4) is 0 Å². The molecular formula is C16H15ClFNO2. The van der Waals surface area contributed by atoms with E-state index >= 15 is 0 Å². The topological polar surface area (TPSA) is 38.3 Å². The zero-order valence-corrected chi connectivity index (χ0v) is 12.2. The molecule has 0 spiro atoms. The Bertz CT molecular complexity index is 599. The minimum Gasteiger partial charge on any atom is -0.464 e. The van der Waals surface area contributed by atoms with Crippen LogP contribution in [0.2, 0.25) is 5.02 Å². The largest absolute Gasteiger partial charge is 0.464 e. The number of halogens is 2. The van der Waals surface area contributed by atoms with Crippen molar-refractivity contribution >= 4 is 23.3 Å². The summed E-state index contributed by atoms with van der Waals surface area (Å²) in [6.45, 7) is 2.01. The third-order valence-electron chi connectivity index (χ3n) is 2.83. The standard InChI is InChI=1S/C16H15ClFNO2/c1-2-21-16(20)15(11-6-4-3-5-7-11)19-14-9-12(17)8-13(18)10-14/h3-10,15,19H,2H2,1H3. The average Bonchev–Trinajstić information content (AvgIpc) is 2.45. The molecule has 2 aromatic carbocycles. The molecule has 0 amide bonds. The van der Waals surface area contributed by atoms with Crippen molar-refractivity contribution in [2.24, 2.45) is 0 Å². The van der Waals surface area contributed by atoms with Crippen LogP contribution >= 0.6 is 11.6 Å². The van der Waals surface area contributed by atoms with Gasteiger partial charge in [-0.25, -0.2) is 9.18 Å². The van der Waals surface area contributed by atoms with Gasteiger partial charge in [0.05, 0.1) is 6.61 Å². The van der Waals surface area contributed by atoms with Gasteiger partial charge < -0.3 is 10.1 Å². The summed E-state index contributed by atoms with van der Waals surface area (Å²) in [5.74, 6) is -0.898. The van der Waals surface area contributed by atoms with Crippen molar-refractivity contribution in [3.05, 3.63) is 64.9 Å². The predicted molar refractivity (Wildman–Crippen MR) is 80.8 cm³/mol. The molecular weight excluding hydrogens is 293 g/mol. The number of carbonyl (C=O) groups excluding carboxylic acids is 1. The van der Waals surface area contributed by atoms with Crippen molar-refractivity contribution in [2.75, 3.05) is 11.9 Å². The second-order valence-electron chi connectivity index (χ2n) is 4.40. The van der Waals surface area contributed by atoms with E-state index < -0.39 is 17.8 Å². The van der Waals surface area contributed by atoms with E-state index in [4.69, 9.17) is 16.3 Å². The summed E-state index contributed by atoms with van der Waals surface area (Å²) in [6, 6.07) is 12.4. The Labute approximate surface area is 127 Å². The molecule has 0 aliphatic heterocycles. The maximum atomic E-state index is 13.4. The van der Waals surface area contributed by atoms with Gasteiger partial charge in [0.1, 0.15) is 5.82 Å². The van der Waals surface area contributed by atoms with E-state index in [0.29, 0.717) is 5.69 Å². The highest BCUT2D eigenvalue weighted by molar-refractivity contribution is 6.30. The van der Waals surface area contributed by atoms with Gasteiger partial charge in [-0.15, -0.1) is 0 Å². The molecule has 1 N–H and O–H groups in total. The SMILES string of the molecule is CCOC(=O)C(Nc1cc(F)cc(Cl)c1)c1ccccc1. The normalized spacial score (nSPS) is 11.8. The van der Waals surface area contributed by atoms with Crippen LogP contribution in [0.15, 0.2) is 48.5 Å². The van der Waals surface area contributed by atoms with E-state index in [1.807, 2.05) is 18.2 Å². The lowest BCUT2D eigenvalue weighted by atomic mass is 10.1. The maximum Gasteiger partial charge on any atom is 0.333 e. The second kappa shape index (κ2) is 7.09. The first-order chi connectivity index (χ1) is 10.1. The smallest absolute Gasteiger partial charge is 0.333 e. The lowest BCUT2D eigenvalue weighted by Gasteiger charge is -2.19. The Kier molecular flexibility index (Phi) is 5.17. The average molecular weight is 308 g/mol. The lowest BCUT2D eigenvalue weighted by Crippen LogP contribution is -2.23. The van der Waals surface area contributed by atoms with Gasteiger partial charge in [-0.1, -0.05) is 41.9 Å². The Morgan fingerprint density at radius 3 is 2.62 bits per heavy atom. The van der Waals surface area contributed by atoms with Crippen molar-refractivity contribution in [1.82, 2.24) is 0 Å². The monoisotopic (exact) mass is 307 g/mol. The van der Waals surface area contributed by atoms with Crippen LogP contribution in [0.5, 0.6) is 0 Å². The van der Waals surface area contributed by atoms with E-state index in [9.17, 15) is 9.18 Å². The molecule has 0 bridgehead atoms. The molecule has 1 atom stereocenters. The van der Waals surface area contributed by atoms with Gasteiger partial charge in [0.25, 0.3) is 0 Å². The third kappa shape index (κ3) is 4.20. The van der Waals surface area contributed by atoms with Crippen LogP contribution in [0.25, 0.3) is 0 Å². The number of nitrogens with one attached hydrogen (secondary N) is 1. The molecule has 0 heterocycles. The summed E-state index contributed by atoms with van der Waals surface area (Å²) in [5, 5.41) is 3.22. The molecule has 0 saturated carbocycles. The summed E-state index contributed by atoms with van der Waals surface area (Å²) in [7, 11) is 0. The molecule has 21 heavy (non-hydrogen) atoms. The molecule has 0 aromatic heterocycles. The van der Waals surface area contributed by atoms with Gasteiger partial charge in [-0.05, 0) is 30.7 Å². The Morgan fingerprint density at radius 2 is 2.00 bits per heavy atom. The highest BCUT2D eigenvalue weighted by Gasteiger charge is 2.21. The number of hydrogen-bond donors (Lipinski definition) is 1. The fraction of sp³-hybridized carbons (Fsp3) is 0.188. The molecule has 1 unspecified atom stereocenters. The summed E-state index contributed by atoms with van der Waals surface area (Å²) in [6.07, 6.45) is 0. The highest BCUT2D eigenvalue weighted by atomic mass is 35.5. The number of carbonyl (C=O) groups is 1. The first kappa shape index (κ1) is 15.3. The van der Waals surface area contributed by atoms with Crippen LogP contribution in [-0.2, 0) is 9.53 Å². The van der Waals surface area contributed by atoms with E-state index in [1.165, 1.54) is 12.1 Å². The molecule has 0 aliphatic carbocycles. The van der Waals surface area contributed by atoms with Crippen molar-refractivity contribution in [1.29, 1.82) is 0 Å². The zero-order chi connectivity index (χ0) is 15.2. The van der Waals surface area contributed by atoms with Crippen LogP contribution in [0, 0.1) is 5.82 Å². The van der Waals surface area contributed by atoms with Crippen LogP contribution in [-0.4, -0.2) is 12.6 Å². The maximum absolute atomic E-state index is 13.4. The molecule has 2 rings (SSSR count). The molecule has 2 aromatic rings. The van der Waals surface area contributed by atoms with Crippen molar-refractivity contribution in [2.45, 2.75) is 13.0 Å². The summed E-state index contributed by atoms with van der Waals surface area (Å²) < 4.78 is 18.5. The number of benzene rings is 2. The van der Waals surface area contributed by atoms with Crippen LogP contribution < -0.4 is 5.32 Å². The van der Waals surface area contributed by atoms with E-state index in [1.54, 1.807) is 25.1 Å². The third-order valence-corrected chi connectivity index (χ3v) is 3.05. The molecule has 0 fully saturated rings. The molecule has 0 aliphatic rings. The number of rotatable bonds is 5. The minimum absolute atomic E-state index is 0.258. The first-order valence-electron chi connectivity index (χ1n) is 6.54. The molecule has 110 valence electrons. The molecule has 3 nitrogen and oxygen atoms in total. The van der Waals surface area contributed by atoms with E-state index in [0.717, 1.165) is 5.56 Å². The van der Waals surface area contributed by atoms with Gasteiger partial charge in [0, 0.05) is 10.7 Å². The van der Waals surface area contributed by atoms with Gasteiger partial charge in [0.15, 0.2) is 6.04 Å². The van der Waals surface area contributed by atoms with Gasteiger partial charge in [-0.2, -0.15) is 0 Å². The van der Waals surface area contributed by atoms with E-state index in [-0.39, 0.29) is 11.6 Å². The van der Waals surface area contributed by atoms with Crippen molar-refractivity contribution < 1.29 is 13.9 Å². The Hall–Kier alpha value is -2.07. The van der Waals surface area contributed by atoms with Gasteiger partial charge in [0.2, 0.25) is 0 Å². The summed E-state index contributed by atoms with van der Waals surface area (Å²) in [5.41, 5.74) is 1.15. The Balaban J connectivity index is 2.29. The number of esters is 1. The first-order valence-corrected chi connectivity index (χ1v) is 6.92. The fourth-order valence-corrected chi connectivity index (χ4v) is 2.18. The predicted octanol–water partition coefficient (Wildman–Crippen LogP) is 4.20. The molecule has 0 radical (unpaired) electrons.